The standard InChI is InChI=1S/C13H14BrFN2O3/c14-8-3-4-10(15)11(6-8)16-12(19)13(20)17-5-1-2-9(18)7-17/h3-4,6,9,18H,1-2,5,7H2,(H,16,19)/t9-/m0/s1. The van der Waals surface area contributed by atoms with Crippen LogP contribution in [0.15, 0.2) is 22.7 Å². The molecule has 0 aromatic heterocycles. The normalized spacial score (nSPS) is 18.8. The molecule has 0 radical (unpaired) electrons. The highest BCUT2D eigenvalue weighted by Gasteiger charge is 2.27. The van der Waals surface area contributed by atoms with E-state index in [0.717, 1.165) is 0 Å². The number of hydrogen-bond donors (Lipinski definition) is 2. The van der Waals surface area contributed by atoms with Gasteiger partial charge in [-0.15, -0.1) is 0 Å². The number of carbonyl (C=O) groups is 2. The molecule has 2 rings (SSSR count). The first kappa shape index (κ1) is 14.9. The van der Waals surface area contributed by atoms with Crippen molar-refractivity contribution in [2.45, 2.75) is 18.9 Å². The number of nitrogens with one attached hydrogen (secondary N) is 1. The molecular weight excluding hydrogens is 331 g/mol. The molecule has 7 heteroatoms. The summed E-state index contributed by atoms with van der Waals surface area (Å²) in [6, 6.07) is 4.06. The largest absolute Gasteiger partial charge is 0.391 e. The first-order valence-corrected chi connectivity index (χ1v) is 7.00. The second-order valence-corrected chi connectivity index (χ2v) is 5.54. The van der Waals surface area contributed by atoms with E-state index in [9.17, 15) is 19.1 Å². The maximum absolute atomic E-state index is 13.5. The van der Waals surface area contributed by atoms with Crippen molar-refractivity contribution in [3.63, 3.8) is 0 Å². The van der Waals surface area contributed by atoms with Gasteiger partial charge >= 0.3 is 11.8 Å². The number of benzene rings is 1. The van der Waals surface area contributed by atoms with Crippen molar-refractivity contribution in [2.75, 3.05) is 18.4 Å². The number of carbonyl (C=O) groups excluding carboxylic acids is 2. The molecule has 1 aliphatic rings. The number of nitrogens with zero attached hydrogens (tertiary/aromatic N) is 1. The first-order chi connectivity index (χ1) is 9.47. The van der Waals surface area contributed by atoms with E-state index in [-0.39, 0.29) is 12.2 Å². The summed E-state index contributed by atoms with van der Waals surface area (Å²) in [5.41, 5.74) is -0.0599. The number of likely N-dealkylation sites (tertiary alicyclic amines) is 1. The molecule has 0 saturated carbocycles. The van der Waals surface area contributed by atoms with E-state index < -0.39 is 23.7 Å². The lowest BCUT2D eigenvalue weighted by Crippen LogP contribution is -2.46. The Morgan fingerprint density at radius 1 is 1.45 bits per heavy atom. The van der Waals surface area contributed by atoms with Crippen molar-refractivity contribution < 1.29 is 19.1 Å². The predicted octanol–water partition coefficient (Wildman–Crippen LogP) is 1.51. The van der Waals surface area contributed by atoms with Gasteiger partial charge in [0.2, 0.25) is 0 Å². The van der Waals surface area contributed by atoms with Crippen LogP contribution in [0.25, 0.3) is 0 Å². The maximum atomic E-state index is 13.5. The van der Waals surface area contributed by atoms with Gasteiger partial charge in [0.15, 0.2) is 0 Å². The van der Waals surface area contributed by atoms with E-state index >= 15 is 0 Å². The summed E-state index contributed by atoms with van der Waals surface area (Å²) in [6.45, 7) is 0.553. The summed E-state index contributed by atoms with van der Waals surface area (Å²) in [5.74, 6) is -2.28. The zero-order valence-corrected chi connectivity index (χ0v) is 12.2. The quantitative estimate of drug-likeness (QED) is 0.758. The Balaban J connectivity index is 2.04. The van der Waals surface area contributed by atoms with Crippen molar-refractivity contribution in [3.8, 4) is 0 Å². The molecule has 0 spiro atoms. The Kier molecular flexibility index (Phi) is 4.72. The van der Waals surface area contributed by atoms with Crippen molar-refractivity contribution in [2.24, 2.45) is 0 Å². The van der Waals surface area contributed by atoms with Gasteiger partial charge in [-0.3, -0.25) is 9.59 Å². The van der Waals surface area contributed by atoms with Crippen LogP contribution in [-0.4, -0.2) is 41.0 Å². The third-order valence-electron chi connectivity index (χ3n) is 3.05. The van der Waals surface area contributed by atoms with Crippen LogP contribution >= 0.6 is 15.9 Å². The van der Waals surface area contributed by atoms with Gasteiger partial charge in [0.05, 0.1) is 11.8 Å². The van der Waals surface area contributed by atoms with Gasteiger partial charge in [-0.25, -0.2) is 4.39 Å². The van der Waals surface area contributed by atoms with Gasteiger partial charge in [-0.1, -0.05) is 15.9 Å². The third kappa shape index (κ3) is 3.55. The number of aliphatic hydroxyl groups is 1. The zero-order chi connectivity index (χ0) is 14.7. The number of halogens is 2. The summed E-state index contributed by atoms with van der Waals surface area (Å²) >= 11 is 3.16. The van der Waals surface area contributed by atoms with Crippen LogP contribution < -0.4 is 5.32 Å². The third-order valence-corrected chi connectivity index (χ3v) is 3.55. The minimum Gasteiger partial charge on any atom is -0.391 e. The predicted molar refractivity (Wildman–Crippen MR) is 74.6 cm³/mol. The van der Waals surface area contributed by atoms with Gasteiger partial charge < -0.3 is 15.3 Å². The van der Waals surface area contributed by atoms with Gasteiger partial charge in [0.25, 0.3) is 0 Å². The highest BCUT2D eigenvalue weighted by molar-refractivity contribution is 9.10. The number of amides is 2. The number of anilines is 1. The minimum atomic E-state index is -0.906. The zero-order valence-electron chi connectivity index (χ0n) is 10.6. The lowest BCUT2D eigenvalue weighted by molar-refractivity contribution is -0.145. The van der Waals surface area contributed by atoms with Gasteiger partial charge in [-0.2, -0.15) is 0 Å². The number of rotatable bonds is 1. The molecule has 1 fully saturated rings. The Morgan fingerprint density at radius 3 is 2.90 bits per heavy atom. The second kappa shape index (κ2) is 6.32. The maximum Gasteiger partial charge on any atom is 0.313 e. The molecule has 1 heterocycles. The average Bonchev–Trinajstić information content (AvgIpc) is 2.42. The first-order valence-electron chi connectivity index (χ1n) is 6.21. The van der Waals surface area contributed by atoms with Gasteiger partial charge in [0, 0.05) is 17.6 Å². The molecule has 0 aliphatic carbocycles. The van der Waals surface area contributed by atoms with Crippen LogP contribution in [0.1, 0.15) is 12.8 Å². The Hall–Kier alpha value is -1.47. The molecule has 108 valence electrons. The molecular formula is C13H14BrFN2O3. The van der Waals surface area contributed by atoms with Crippen LogP contribution in [0, 0.1) is 5.82 Å². The van der Waals surface area contributed by atoms with Crippen molar-refractivity contribution in [1.29, 1.82) is 0 Å². The summed E-state index contributed by atoms with van der Waals surface area (Å²) in [4.78, 5) is 25.0. The molecule has 1 aromatic carbocycles. The summed E-state index contributed by atoms with van der Waals surface area (Å²) < 4.78 is 14.1. The number of aliphatic hydroxyl groups excluding tert-OH is 1. The van der Waals surface area contributed by atoms with E-state index in [0.29, 0.717) is 23.9 Å². The molecule has 1 atom stereocenters. The highest BCUT2D eigenvalue weighted by Crippen LogP contribution is 2.20. The molecule has 0 unspecified atom stereocenters. The van der Waals surface area contributed by atoms with Crippen LogP contribution in [0.2, 0.25) is 0 Å². The number of piperidine rings is 1. The van der Waals surface area contributed by atoms with Crippen LogP contribution in [0.3, 0.4) is 0 Å². The highest BCUT2D eigenvalue weighted by atomic mass is 79.9. The lowest BCUT2D eigenvalue weighted by Gasteiger charge is -2.29. The lowest BCUT2D eigenvalue weighted by atomic mass is 10.1. The van der Waals surface area contributed by atoms with Gasteiger partial charge in [0.1, 0.15) is 5.82 Å². The second-order valence-electron chi connectivity index (χ2n) is 4.63. The Labute approximate surface area is 123 Å². The van der Waals surface area contributed by atoms with E-state index in [1.54, 1.807) is 0 Å². The van der Waals surface area contributed by atoms with E-state index in [2.05, 4.69) is 21.2 Å². The fourth-order valence-electron chi connectivity index (χ4n) is 2.05. The van der Waals surface area contributed by atoms with Gasteiger partial charge in [-0.05, 0) is 31.0 Å². The monoisotopic (exact) mass is 344 g/mol. The van der Waals surface area contributed by atoms with Crippen LogP contribution in [0.4, 0.5) is 10.1 Å². The summed E-state index contributed by atoms with van der Waals surface area (Å²) in [5, 5.41) is 11.7. The molecule has 2 N–H and O–H groups in total. The molecule has 1 saturated heterocycles. The number of β-amino-alcohol motifs (C(OH)–C–C–N with tert-alkyl or cyclic N) is 1. The van der Waals surface area contributed by atoms with E-state index in [4.69, 9.17) is 0 Å². The fraction of sp³-hybridized carbons (Fsp3) is 0.385. The molecule has 20 heavy (non-hydrogen) atoms. The SMILES string of the molecule is O=C(Nc1cc(Br)ccc1F)C(=O)N1CCC[C@H](O)C1. The molecule has 0 bridgehead atoms. The molecule has 5 nitrogen and oxygen atoms in total. The molecule has 2 amide bonds. The van der Waals surface area contributed by atoms with E-state index in [1.807, 2.05) is 0 Å². The average molecular weight is 345 g/mol. The van der Waals surface area contributed by atoms with Crippen molar-refractivity contribution >= 4 is 33.4 Å². The van der Waals surface area contributed by atoms with Crippen LogP contribution in [-0.2, 0) is 9.59 Å². The number of hydrogen-bond acceptors (Lipinski definition) is 3. The Morgan fingerprint density at radius 2 is 2.20 bits per heavy atom. The fourth-order valence-corrected chi connectivity index (χ4v) is 2.41. The summed E-state index contributed by atoms with van der Waals surface area (Å²) in [6.07, 6.45) is 0.653. The smallest absolute Gasteiger partial charge is 0.313 e. The van der Waals surface area contributed by atoms with Crippen LogP contribution in [0.5, 0.6) is 0 Å². The molecule has 1 aromatic rings. The summed E-state index contributed by atoms with van der Waals surface area (Å²) in [7, 11) is 0. The van der Waals surface area contributed by atoms with Crippen molar-refractivity contribution in [1.82, 2.24) is 4.90 Å². The van der Waals surface area contributed by atoms with Crippen molar-refractivity contribution in [3.05, 3.63) is 28.5 Å². The Bertz CT molecular complexity index is 538. The topological polar surface area (TPSA) is 69.6 Å². The van der Waals surface area contributed by atoms with E-state index in [1.165, 1.54) is 23.1 Å². The molecule has 1 aliphatic heterocycles. The minimum absolute atomic E-state index is 0.0599.